The lowest BCUT2D eigenvalue weighted by atomic mass is 9.84. The molecule has 8 heteroatoms. The van der Waals surface area contributed by atoms with Crippen LogP contribution in [0.4, 0.5) is 0 Å². The zero-order chi connectivity index (χ0) is 23.1. The van der Waals surface area contributed by atoms with Gasteiger partial charge in [-0.05, 0) is 30.3 Å². The SMILES string of the molecule is COc1ccc(C2CC(=O)Oc3ccc4c(c32)O/C(=C\c2ccco2)C4=O)c(OC)c1OC. The molecule has 0 radical (unpaired) electrons. The Bertz CT molecular complexity index is 1290. The van der Waals surface area contributed by atoms with Crippen LogP contribution < -0.4 is 23.7 Å². The molecule has 0 fully saturated rings. The molecule has 0 N–H and O–H groups in total. The molecule has 5 rings (SSSR count). The second-order valence-corrected chi connectivity index (χ2v) is 7.46. The largest absolute Gasteiger partial charge is 0.493 e. The van der Waals surface area contributed by atoms with Crippen LogP contribution in [0.1, 0.15) is 39.6 Å². The Labute approximate surface area is 189 Å². The fraction of sp³-hybridized carbons (Fsp3) is 0.200. The van der Waals surface area contributed by atoms with Gasteiger partial charge in [-0.15, -0.1) is 0 Å². The van der Waals surface area contributed by atoms with Gasteiger partial charge in [0.1, 0.15) is 17.3 Å². The highest BCUT2D eigenvalue weighted by atomic mass is 16.5. The van der Waals surface area contributed by atoms with E-state index >= 15 is 0 Å². The van der Waals surface area contributed by atoms with Gasteiger partial charge in [0.05, 0.1) is 39.6 Å². The Morgan fingerprint density at radius 2 is 1.76 bits per heavy atom. The van der Waals surface area contributed by atoms with Gasteiger partial charge in [0.15, 0.2) is 17.3 Å². The van der Waals surface area contributed by atoms with Crippen LogP contribution in [0.15, 0.2) is 52.8 Å². The maximum absolute atomic E-state index is 13.0. The number of hydrogen-bond acceptors (Lipinski definition) is 8. The van der Waals surface area contributed by atoms with Gasteiger partial charge < -0.3 is 28.1 Å². The van der Waals surface area contributed by atoms with E-state index in [0.717, 1.165) is 0 Å². The van der Waals surface area contributed by atoms with E-state index in [1.807, 2.05) is 6.07 Å². The van der Waals surface area contributed by atoms with E-state index in [0.29, 0.717) is 51.2 Å². The van der Waals surface area contributed by atoms with Crippen molar-refractivity contribution in [1.82, 2.24) is 0 Å². The van der Waals surface area contributed by atoms with Gasteiger partial charge in [0, 0.05) is 23.1 Å². The van der Waals surface area contributed by atoms with Crippen molar-refractivity contribution in [1.29, 1.82) is 0 Å². The lowest BCUT2D eigenvalue weighted by molar-refractivity contribution is -0.135. The van der Waals surface area contributed by atoms with Crippen molar-refractivity contribution < 1.29 is 37.7 Å². The fourth-order valence-electron chi connectivity index (χ4n) is 4.27. The Hall–Kier alpha value is -4.20. The minimum Gasteiger partial charge on any atom is -0.493 e. The summed E-state index contributed by atoms with van der Waals surface area (Å²) < 4.78 is 33.4. The van der Waals surface area contributed by atoms with E-state index in [2.05, 4.69) is 0 Å². The standard InChI is InChI=1S/C25H20O8/c1-28-18-9-6-14(24(29-2)25(18)30-3)16-12-20(26)32-17-8-7-15-22(27)19(33-23(15)21(16)17)11-13-5-4-10-31-13/h4-11,16H,12H2,1-3H3/b19-11-. The summed E-state index contributed by atoms with van der Waals surface area (Å²) in [6.07, 6.45) is 3.08. The molecule has 3 aromatic rings. The normalized spacial score (nSPS) is 17.8. The molecular weight excluding hydrogens is 428 g/mol. The summed E-state index contributed by atoms with van der Waals surface area (Å²) in [6.45, 7) is 0. The second kappa shape index (κ2) is 8.05. The molecule has 1 atom stereocenters. The first-order valence-corrected chi connectivity index (χ1v) is 10.2. The monoisotopic (exact) mass is 448 g/mol. The first kappa shape index (κ1) is 20.7. The average Bonchev–Trinajstić information content (AvgIpc) is 3.45. The smallest absolute Gasteiger partial charge is 0.312 e. The number of hydrogen-bond donors (Lipinski definition) is 0. The van der Waals surface area contributed by atoms with Crippen molar-refractivity contribution in [2.24, 2.45) is 0 Å². The molecule has 0 amide bonds. The third-order valence-corrected chi connectivity index (χ3v) is 5.71. The molecule has 0 aliphatic carbocycles. The first-order valence-electron chi connectivity index (χ1n) is 10.2. The zero-order valence-electron chi connectivity index (χ0n) is 18.2. The Kier molecular flexibility index (Phi) is 5.05. The predicted molar refractivity (Wildman–Crippen MR) is 116 cm³/mol. The molecule has 1 aromatic heterocycles. The van der Waals surface area contributed by atoms with Crippen molar-refractivity contribution in [3.8, 4) is 28.7 Å². The summed E-state index contributed by atoms with van der Waals surface area (Å²) in [7, 11) is 4.56. The predicted octanol–water partition coefficient (Wildman–Crippen LogP) is 4.36. The maximum atomic E-state index is 13.0. The highest BCUT2D eigenvalue weighted by Crippen LogP contribution is 2.52. The maximum Gasteiger partial charge on any atom is 0.312 e. The second-order valence-electron chi connectivity index (χ2n) is 7.46. The number of carbonyl (C=O) groups excluding carboxylic acids is 2. The van der Waals surface area contributed by atoms with Gasteiger partial charge in [-0.3, -0.25) is 9.59 Å². The van der Waals surface area contributed by atoms with E-state index in [1.165, 1.54) is 33.7 Å². The number of esters is 1. The molecule has 3 heterocycles. The lowest BCUT2D eigenvalue weighted by Crippen LogP contribution is -2.22. The van der Waals surface area contributed by atoms with Gasteiger partial charge in [-0.25, -0.2) is 0 Å². The highest BCUT2D eigenvalue weighted by Gasteiger charge is 2.40. The topological polar surface area (TPSA) is 93.4 Å². The summed E-state index contributed by atoms with van der Waals surface area (Å²) in [6, 6.07) is 10.2. The van der Waals surface area contributed by atoms with Crippen molar-refractivity contribution >= 4 is 17.8 Å². The quantitative estimate of drug-likeness (QED) is 0.323. The molecule has 2 aromatic carbocycles. The number of allylic oxidation sites excluding steroid dienone is 1. The van der Waals surface area contributed by atoms with Crippen LogP contribution in [0.5, 0.6) is 28.7 Å². The van der Waals surface area contributed by atoms with Crippen molar-refractivity contribution in [3.63, 3.8) is 0 Å². The summed E-state index contributed by atoms with van der Waals surface area (Å²) in [4.78, 5) is 25.5. The van der Waals surface area contributed by atoms with E-state index < -0.39 is 11.9 Å². The molecule has 0 saturated heterocycles. The molecule has 2 aliphatic rings. The molecule has 0 bridgehead atoms. The van der Waals surface area contributed by atoms with Crippen LogP contribution >= 0.6 is 0 Å². The zero-order valence-corrected chi connectivity index (χ0v) is 18.2. The van der Waals surface area contributed by atoms with Crippen LogP contribution in [0, 0.1) is 0 Å². The molecule has 0 saturated carbocycles. The van der Waals surface area contributed by atoms with Crippen molar-refractivity contribution in [2.45, 2.75) is 12.3 Å². The number of ether oxygens (including phenoxy) is 5. The highest BCUT2D eigenvalue weighted by molar-refractivity contribution is 6.15. The Morgan fingerprint density at radius 1 is 0.939 bits per heavy atom. The van der Waals surface area contributed by atoms with E-state index in [-0.39, 0.29) is 18.0 Å². The number of carbonyl (C=O) groups is 2. The van der Waals surface area contributed by atoms with Gasteiger partial charge in [-0.2, -0.15) is 0 Å². The van der Waals surface area contributed by atoms with Gasteiger partial charge >= 0.3 is 5.97 Å². The molecule has 1 unspecified atom stereocenters. The average molecular weight is 448 g/mol. The van der Waals surface area contributed by atoms with Crippen LogP contribution in [0.3, 0.4) is 0 Å². The molecule has 33 heavy (non-hydrogen) atoms. The van der Waals surface area contributed by atoms with Crippen LogP contribution in [-0.4, -0.2) is 33.1 Å². The van der Waals surface area contributed by atoms with Gasteiger partial charge in [-0.1, -0.05) is 6.07 Å². The number of fused-ring (bicyclic) bond motifs is 3. The summed E-state index contributed by atoms with van der Waals surface area (Å²) >= 11 is 0. The summed E-state index contributed by atoms with van der Waals surface area (Å²) in [5.41, 5.74) is 1.66. The minimum atomic E-state index is -0.498. The van der Waals surface area contributed by atoms with Gasteiger partial charge in [0.25, 0.3) is 0 Å². The number of Topliss-reactive ketones (excluding diaryl/α,β-unsaturated/α-hetero) is 1. The Balaban J connectivity index is 1.68. The number of benzene rings is 2. The van der Waals surface area contributed by atoms with Crippen LogP contribution in [0.25, 0.3) is 6.08 Å². The fourth-order valence-corrected chi connectivity index (χ4v) is 4.27. The van der Waals surface area contributed by atoms with E-state index in [1.54, 1.807) is 30.3 Å². The number of methoxy groups -OCH3 is 3. The third-order valence-electron chi connectivity index (χ3n) is 5.71. The molecule has 8 nitrogen and oxygen atoms in total. The van der Waals surface area contributed by atoms with Crippen molar-refractivity contribution in [2.75, 3.05) is 21.3 Å². The van der Waals surface area contributed by atoms with E-state index in [4.69, 9.17) is 28.1 Å². The lowest BCUT2D eigenvalue weighted by Gasteiger charge is -2.28. The van der Waals surface area contributed by atoms with Crippen molar-refractivity contribution in [3.05, 3.63) is 70.9 Å². The van der Waals surface area contributed by atoms with Crippen LogP contribution in [0.2, 0.25) is 0 Å². The summed E-state index contributed by atoms with van der Waals surface area (Å²) in [5.74, 6) is 1.44. The van der Waals surface area contributed by atoms with E-state index in [9.17, 15) is 9.59 Å². The molecule has 168 valence electrons. The summed E-state index contributed by atoms with van der Waals surface area (Å²) in [5, 5.41) is 0. The number of rotatable bonds is 5. The number of furan rings is 1. The Morgan fingerprint density at radius 3 is 2.45 bits per heavy atom. The van der Waals surface area contributed by atoms with Crippen LogP contribution in [-0.2, 0) is 4.79 Å². The third kappa shape index (κ3) is 3.31. The molecule has 0 spiro atoms. The van der Waals surface area contributed by atoms with Gasteiger partial charge in [0.2, 0.25) is 11.5 Å². The number of ketones is 1. The molecular formula is C25H20O8. The first-order chi connectivity index (χ1) is 16.0. The molecule has 2 aliphatic heterocycles. The minimum absolute atomic E-state index is 0.0318.